The highest BCUT2D eigenvalue weighted by Gasteiger charge is 2.24. The molecule has 0 atom stereocenters. The second-order valence-corrected chi connectivity index (χ2v) is 7.35. The zero-order chi connectivity index (χ0) is 18.8. The van der Waals surface area contributed by atoms with E-state index in [-0.39, 0.29) is 5.78 Å². The van der Waals surface area contributed by atoms with Gasteiger partial charge >= 0.3 is 0 Å². The molecule has 7 heteroatoms. The van der Waals surface area contributed by atoms with Crippen molar-refractivity contribution in [2.24, 2.45) is 0 Å². The van der Waals surface area contributed by atoms with Crippen LogP contribution in [0.15, 0.2) is 36.8 Å². The van der Waals surface area contributed by atoms with E-state index in [0.29, 0.717) is 39.7 Å². The van der Waals surface area contributed by atoms with Gasteiger partial charge in [0, 0.05) is 23.8 Å². The highest BCUT2D eigenvalue weighted by molar-refractivity contribution is 6.35. The molecule has 3 aromatic rings. The molecule has 0 aliphatic heterocycles. The molecule has 0 amide bonds. The van der Waals surface area contributed by atoms with Crippen LogP contribution in [0, 0.1) is 0 Å². The van der Waals surface area contributed by atoms with Crippen LogP contribution in [0.3, 0.4) is 0 Å². The molecular formula is C20H22ClN5O. The van der Waals surface area contributed by atoms with Crippen molar-refractivity contribution < 1.29 is 4.79 Å². The highest BCUT2D eigenvalue weighted by Crippen LogP contribution is 2.30. The minimum atomic E-state index is -0.136. The van der Waals surface area contributed by atoms with Gasteiger partial charge in [-0.3, -0.25) is 4.79 Å². The highest BCUT2D eigenvalue weighted by atomic mass is 35.5. The molecule has 0 unspecified atom stereocenters. The van der Waals surface area contributed by atoms with Crippen LogP contribution < -0.4 is 10.6 Å². The molecule has 140 valence electrons. The van der Waals surface area contributed by atoms with Crippen molar-refractivity contribution >= 4 is 34.2 Å². The average molecular weight is 384 g/mol. The number of ketones is 1. The van der Waals surface area contributed by atoms with E-state index in [1.54, 1.807) is 18.3 Å². The summed E-state index contributed by atoms with van der Waals surface area (Å²) >= 11 is 6.23. The molecule has 1 aliphatic rings. The van der Waals surface area contributed by atoms with Crippen molar-refractivity contribution in [2.75, 3.05) is 12.4 Å². The van der Waals surface area contributed by atoms with Crippen LogP contribution in [0.25, 0.3) is 11.0 Å². The maximum atomic E-state index is 13.1. The van der Waals surface area contributed by atoms with E-state index in [9.17, 15) is 4.79 Å². The molecule has 0 saturated heterocycles. The Morgan fingerprint density at radius 3 is 2.59 bits per heavy atom. The number of nitrogens with zero attached hydrogens (tertiary/aromatic N) is 2. The largest absolute Gasteiger partial charge is 0.367 e. The summed E-state index contributed by atoms with van der Waals surface area (Å²) in [6.45, 7) is 0. The quantitative estimate of drug-likeness (QED) is 0.584. The maximum Gasteiger partial charge on any atom is 0.196 e. The van der Waals surface area contributed by atoms with Crippen molar-refractivity contribution in [3.8, 4) is 0 Å². The molecular weight excluding hydrogens is 362 g/mol. The number of halogens is 1. The summed E-state index contributed by atoms with van der Waals surface area (Å²) in [6, 6.07) is 8.00. The van der Waals surface area contributed by atoms with Crippen LogP contribution >= 0.6 is 11.6 Å². The number of nitrogens with one attached hydrogen (secondary N) is 3. The Bertz CT molecular complexity index is 962. The molecule has 1 saturated carbocycles. The summed E-state index contributed by atoms with van der Waals surface area (Å²) in [6.07, 6.45) is 7.59. The van der Waals surface area contributed by atoms with Gasteiger partial charge in [0.25, 0.3) is 0 Å². The average Bonchev–Trinajstić information content (AvgIpc) is 3.14. The Kier molecular flexibility index (Phi) is 5.09. The van der Waals surface area contributed by atoms with Crippen LogP contribution in [-0.4, -0.2) is 39.9 Å². The number of H-pyrrole nitrogens is 1. The molecule has 1 aromatic carbocycles. The fourth-order valence-corrected chi connectivity index (χ4v) is 3.98. The predicted molar refractivity (Wildman–Crippen MR) is 107 cm³/mol. The Balaban J connectivity index is 1.66. The Morgan fingerprint density at radius 1 is 1.11 bits per heavy atom. The molecule has 2 aromatic heterocycles. The van der Waals surface area contributed by atoms with Crippen LogP contribution in [0.2, 0.25) is 5.02 Å². The number of fused-ring (bicyclic) bond motifs is 1. The summed E-state index contributed by atoms with van der Waals surface area (Å²) in [5.74, 6) is 0.563. The smallest absolute Gasteiger partial charge is 0.196 e. The first-order chi connectivity index (χ1) is 13.2. The zero-order valence-corrected chi connectivity index (χ0v) is 15.9. The summed E-state index contributed by atoms with van der Waals surface area (Å²) in [4.78, 5) is 24.9. The second-order valence-electron chi connectivity index (χ2n) is 6.94. The number of anilines is 1. The third kappa shape index (κ3) is 3.55. The second kappa shape index (κ2) is 7.66. The minimum Gasteiger partial charge on any atom is -0.367 e. The summed E-state index contributed by atoms with van der Waals surface area (Å²) in [7, 11) is 2.01. The molecule has 4 rings (SSSR count). The van der Waals surface area contributed by atoms with Crippen molar-refractivity contribution in [3.05, 3.63) is 52.9 Å². The molecule has 3 N–H and O–H groups in total. The lowest BCUT2D eigenvalue weighted by molar-refractivity contribution is 0.104. The third-order valence-corrected chi connectivity index (χ3v) is 5.64. The summed E-state index contributed by atoms with van der Waals surface area (Å²) in [5.41, 5.74) is 1.65. The number of hydrogen-bond donors (Lipinski definition) is 3. The van der Waals surface area contributed by atoms with E-state index < -0.39 is 0 Å². The standard InChI is InChI=1S/C20H22ClN5O/c1-22-12-6-8-13(9-7-12)26-20-17-15(10-23-19(17)24-11-25-20)18(27)14-4-2-3-5-16(14)21/h2-5,10-13,22H,6-9H2,1H3,(H2,23,24,25,26). The Hall–Kier alpha value is -2.44. The molecule has 0 radical (unpaired) electrons. The molecule has 0 spiro atoms. The van der Waals surface area contributed by atoms with Crippen molar-refractivity contribution in [1.82, 2.24) is 20.3 Å². The first-order valence-electron chi connectivity index (χ1n) is 9.22. The van der Waals surface area contributed by atoms with Crippen LogP contribution in [0.5, 0.6) is 0 Å². The molecule has 1 aliphatic carbocycles. The molecule has 0 bridgehead atoms. The Morgan fingerprint density at radius 2 is 1.85 bits per heavy atom. The first-order valence-corrected chi connectivity index (χ1v) is 9.60. The van der Waals surface area contributed by atoms with E-state index in [1.807, 2.05) is 19.2 Å². The number of carbonyl (C=O) groups excluding carboxylic acids is 1. The van der Waals surface area contributed by atoms with Gasteiger partial charge in [0.1, 0.15) is 17.8 Å². The van der Waals surface area contributed by atoms with Crippen molar-refractivity contribution in [2.45, 2.75) is 37.8 Å². The van der Waals surface area contributed by atoms with Gasteiger partial charge in [-0.1, -0.05) is 23.7 Å². The summed E-state index contributed by atoms with van der Waals surface area (Å²) in [5, 5.41) is 8.04. The van der Waals surface area contributed by atoms with Crippen molar-refractivity contribution in [3.63, 3.8) is 0 Å². The first kappa shape index (κ1) is 17.9. The van der Waals surface area contributed by atoms with Gasteiger partial charge in [-0.25, -0.2) is 9.97 Å². The number of aromatic amines is 1. The van der Waals surface area contributed by atoms with Gasteiger partial charge < -0.3 is 15.6 Å². The predicted octanol–water partition coefficient (Wildman–Crippen LogP) is 3.78. The van der Waals surface area contributed by atoms with E-state index in [0.717, 1.165) is 31.1 Å². The number of carbonyl (C=O) groups is 1. The van der Waals surface area contributed by atoms with E-state index in [1.165, 1.54) is 6.33 Å². The van der Waals surface area contributed by atoms with E-state index >= 15 is 0 Å². The monoisotopic (exact) mass is 383 g/mol. The third-order valence-electron chi connectivity index (χ3n) is 5.31. The van der Waals surface area contributed by atoms with Gasteiger partial charge in [-0.15, -0.1) is 0 Å². The lowest BCUT2D eigenvalue weighted by atomic mass is 9.91. The van der Waals surface area contributed by atoms with Crippen LogP contribution in [0.1, 0.15) is 41.6 Å². The summed E-state index contributed by atoms with van der Waals surface area (Å²) < 4.78 is 0. The van der Waals surface area contributed by atoms with Crippen LogP contribution in [-0.2, 0) is 0 Å². The lowest BCUT2D eigenvalue weighted by Gasteiger charge is -2.29. The topological polar surface area (TPSA) is 82.7 Å². The maximum absolute atomic E-state index is 13.1. The molecule has 27 heavy (non-hydrogen) atoms. The fraction of sp³-hybridized carbons (Fsp3) is 0.350. The van der Waals surface area contributed by atoms with E-state index in [4.69, 9.17) is 11.6 Å². The minimum absolute atomic E-state index is 0.136. The Labute approximate surface area is 162 Å². The SMILES string of the molecule is CNC1CCC(Nc2ncnc3[nH]cc(C(=O)c4ccccc4Cl)c23)CC1. The van der Waals surface area contributed by atoms with Gasteiger partial charge in [0.2, 0.25) is 0 Å². The van der Waals surface area contributed by atoms with E-state index in [2.05, 4.69) is 25.6 Å². The fourth-order valence-electron chi connectivity index (χ4n) is 3.76. The van der Waals surface area contributed by atoms with Gasteiger partial charge in [0.05, 0.1) is 16.0 Å². The lowest BCUT2D eigenvalue weighted by Crippen LogP contribution is -2.35. The number of rotatable bonds is 5. The van der Waals surface area contributed by atoms with Gasteiger partial charge in [0.15, 0.2) is 5.78 Å². The van der Waals surface area contributed by atoms with Crippen molar-refractivity contribution in [1.29, 1.82) is 0 Å². The number of aromatic nitrogens is 3. The normalized spacial score (nSPS) is 19.9. The number of benzene rings is 1. The molecule has 6 nitrogen and oxygen atoms in total. The number of hydrogen-bond acceptors (Lipinski definition) is 5. The zero-order valence-electron chi connectivity index (χ0n) is 15.1. The van der Waals surface area contributed by atoms with Gasteiger partial charge in [-0.2, -0.15) is 0 Å². The van der Waals surface area contributed by atoms with Gasteiger partial charge in [-0.05, 0) is 44.9 Å². The molecule has 2 heterocycles. The molecule has 1 fully saturated rings. The van der Waals surface area contributed by atoms with Crippen LogP contribution in [0.4, 0.5) is 5.82 Å².